The monoisotopic (exact) mass is 316 g/mol. The summed E-state index contributed by atoms with van der Waals surface area (Å²) in [4.78, 5) is 0. The van der Waals surface area contributed by atoms with Crippen molar-refractivity contribution in [2.45, 2.75) is 12.3 Å². The Kier molecular flexibility index (Phi) is 5.09. The first kappa shape index (κ1) is 14.6. The van der Waals surface area contributed by atoms with E-state index in [0.29, 0.717) is 17.3 Å². The molecule has 1 unspecified atom stereocenters. The van der Waals surface area contributed by atoms with Gasteiger partial charge in [-0.15, -0.1) is 11.6 Å². The number of rotatable bonds is 4. The zero-order valence-corrected chi connectivity index (χ0v) is 12.3. The molecular formula is C15H12Cl3F. The van der Waals surface area contributed by atoms with Crippen molar-refractivity contribution in [3.8, 4) is 0 Å². The van der Waals surface area contributed by atoms with Crippen LogP contribution in [-0.4, -0.2) is 5.88 Å². The highest BCUT2D eigenvalue weighted by Gasteiger charge is 2.12. The number of alkyl halides is 1. The van der Waals surface area contributed by atoms with Gasteiger partial charge in [-0.05, 0) is 41.8 Å². The number of hydrogen-bond acceptors (Lipinski definition) is 0. The lowest BCUT2D eigenvalue weighted by Crippen LogP contribution is -2.05. The van der Waals surface area contributed by atoms with Gasteiger partial charge in [0.15, 0.2) is 0 Å². The van der Waals surface area contributed by atoms with E-state index in [-0.39, 0.29) is 10.9 Å². The number of benzene rings is 2. The molecule has 0 fully saturated rings. The molecule has 0 nitrogen and oxygen atoms in total. The average Bonchev–Trinajstić information content (AvgIpc) is 2.40. The first-order chi connectivity index (χ1) is 9.10. The SMILES string of the molecule is Fc1ccc(CC(CCl)c2cccc(Cl)c2)cc1Cl. The van der Waals surface area contributed by atoms with Crippen LogP contribution in [0.4, 0.5) is 4.39 Å². The summed E-state index contributed by atoms with van der Waals surface area (Å²) in [7, 11) is 0. The molecule has 0 saturated heterocycles. The number of hydrogen-bond donors (Lipinski definition) is 0. The van der Waals surface area contributed by atoms with Crippen molar-refractivity contribution in [3.63, 3.8) is 0 Å². The Balaban J connectivity index is 2.21. The molecule has 0 radical (unpaired) electrons. The van der Waals surface area contributed by atoms with Gasteiger partial charge in [0, 0.05) is 16.8 Å². The fraction of sp³-hybridized carbons (Fsp3) is 0.200. The predicted molar refractivity (Wildman–Crippen MR) is 80.0 cm³/mol. The summed E-state index contributed by atoms with van der Waals surface area (Å²) in [6.45, 7) is 0. The highest BCUT2D eigenvalue weighted by molar-refractivity contribution is 6.31. The van der Waals surface area contributed by atoms with Crippen LogP contribution in [0.25, 0.3) is 0 Å². The molecule has 0 bridgehead atoms. The van der Waals surface area contributed by atoms with E-state index in [1.54, 1.807) is 12.1 Å². The van der Waals surface area contributed by atoms with E-state index in [9.17, 15) is 4.39 Å². The van der Waals surface area contributed by atoms with E-state index in [2.05, 4.69) is 0 Å². The molecule has 0 aliphatic heterocycles. The molecule has 100 valence electrons. The van der Waals surface area contributed by atoms with E-state index >= 15 is 0 Å². The van der Waals surface area contributed by atoms with Crippen LogP contribution >= 0.6 is 34.8 Å². The summed E-state index contributed by atoms with van der Waals surface area (Å²) >= 11 is 17.8. The van der Waals surface area contributed by atoms with Crippen LogP contribution in [0.5, 0.6) is 0 Å². The smallest absolute Gasteiger partial charge is 0.141 e. The third-order valence-electron chi connectivity index (χ3n) is 2.97. The molecule has 0 aromatic heterocycles. The minimum absolute atomic E-state index is 0.127. The quantitative estimate of drug-likeness (QED) is 0.635. The van der Waals surface area contributed by atoms with E-state index < -0.39 is 5.82 Å². The van der Waals surface area contributed by atoms with Gasteiger partial charge in [0.1, 0.15) is 5.82 Å². The second-order valence-electron chi connectivity index (χ2n) is 4.36. The normalized spacial score (nSPS) is 12.4. The predicted octanol–water partition coefficient (Wildman–Crippen LogP) is 5.70. The fourth-order valence-corrected chi connectivity index (χ4v) is 2.66. The van der Waals surface area contributed by atoms with Crippen molar-refractivity contribution < 1.29 is 4.39 Å². The Bertz CT molecular complexity index is 569. The molecule has 2 rings (SSSR count). The molecule has 0 N–H and O–H groups in total. The standard InChI is InChI=1S/C15H12Cl3F/c16-9-12(11-2-1-3-13(17)8-11)6-10-4-5-15(19)14(18)7-10/h1-5,7-8,12H,6,9H2. The molecule has 0 saturated carbocycles. The maximum atomic E-state index is 13.1. The van der Waals surface area contributed by atoms with Crippen molar-refractivity contribution in [2.75, 3.05) is 5.88 Å². The highest BCUT2D eigenvalue weighted by Crippen LogP contribution is 2.26. The summed E-state index contributed by atoms with van der Waals surface area (Å²) in [5.41, 5.74) is 2.03. The van der Waals surface area contributed by atoms with E-state index in [1.807, 2.05) is 24.3 Å². The summed E-state index contributed by atoms with van der Waals surface area (Å²) in [6.07, 6.45) is 0.698. The van der Waals surface area contributed by atoms with Gasteiger partial charge in [-0.1, -0.05) is 41.4 Å². The molecule has 2 aromatic rings. The van der Waals surface area contributed by atoms with E-state index in [4.69, 9.17) is 34.8 Å². The van der Waals surface area contributed by atoms with Crippen LogP contribution < -0.4 is 0 Å². The Morgan fingerprint density at radius 3 is 2.47 bits per heavy atom. The van der Waals surface area contributed by atoms with Crippen molar-refractivity contribution >= 4 is 34.8 Å². The largest absolute Gasteiger partial charge is 0.205 e. The lowest BCUT2D eigenvalue weighted by molar-refractivity contribution is 0.626. The third kappa shape index (κ3) is 3.85. The third-order valence-corrected chi connectivity index (χ3v) is 3.87. The average molecular weight is 318 g/mol. The zero-order valence-electron chi connectivity index (χ0n) is 10.0. The van der Waals surface area contributed by atoms with Crippen molar-refractivity contribution in [2.24, 2.45) is 0 Å². The zero-order chi connectivity index (χ0) is 13.8. The van der Waals surface area contributed by atoms with Crippen LogP contribution in [0.2, 0.25) is 10.0 Å². The van der Waals surface area contributed by atoms with Gasteiger partial charge in [0.2, 0.25) is 0 Å². The summed E-state index contributed by atoms with van der Waals surface area (Å²) in [5, 5.41) is 0.821. The van der Waals surface area contributed by atoms with Crippen LogP contribution in [0, 0.1) is 5.82 Å². The first-order valence-electron chi connectivity index (χ1n) is 5.85. The fourth-order valence-electron chi connectivity index (χ4n) is 1.97. The van der Waals surface area contributed by atoms with Gasteiger partial charge in [-0.3, -0.25) is 0 Å². The van der Waals surface area contributed by atoms with Gasteiger partial charge in [0.05, 0.1) is 5.02 Å². The minimum atomic E-state index is -0.407. The molecule has 2 aromatic carbocycles. The van der Waals surface area contributed by atoms with Gasteiger partial charge >= 0.3 is 0 Å². The van der Waals surface area contributed by atoms with Crippen LogP contribution in [0.15, 0.2) is 42.5 Å². The molecule has 0 spiro atoms. The Morgan fingerprint density at radius 1 is 1.05 bits per heavy atom. The minimum Gasteiger partial charge on any atom is -0.205 e. The molecule has 0 aliphatic rings. The highest BCUT2D eigenvalue weighted by atomic mass is 35.5. The lowest BCUT2D eigenvalue weighted by Gasteiger charge is -2.15. The maximum Gasteiger partial charge on any atom is 0.141 e. The molecular weight excluding hydrogens is 306 g/mol. The second kappa shape index (κ2) is 6.60. The number of halogens is 4. The van der Waals surface area contributed by atoms with Crippen LogP contribution in [0.3, 0.4) is 0 Å². The molecule has 1 atom stereocenters. The van der Waals surface area contributed by atoms with Gasteiger partial charge in [-0.2, -0.15) is 0 Å². The van der Waals surface area contributed by atoms with Crippen molar-refractivity contribution in [1.82, 2.24) is 0 Å². The summed E-state index contributed by atoms with van der Waals surface area (Å²) in [5.74, 6) is 0.187. The van der Waals surface area contributed by atoms with Crippen molar-refractivity contribution in [3.05, 3.63) is 69.5 Å². The topological polar surface area (TPSA) is 0 Å². The molecule has 4 heteroatoms. The first-order valence-corrected chi connectivity index (χ1v) is 7.14. The Labute approximate surface area is 127 Å². The molecule has 0 aliphatic carbocycles. The Hall–Kier alpha value is -0.760. The van der Waals surface area contributed by atoms with Crippen LogP contribution in [0.1, 0.15) is 17.0 Å². The molecule has 0 heterocycles. The summed E-state index contributed by atoms with van der Waals surface area (Å²) in [6, 6.07) is 12.4. The molecule has 19 heavy (non-hydrogen) atoms. The van der Waals surface area contributed by atoms with Crippen LogP contribution in [-0.2, 0) is 6.42 Å². The van der Waals surface area contributed by atoms with Gasteiger partial charge in [0.25, 0.3) is 0 Å². The Morgan fingerprint density at radius 2 is 1.84 bits per heavy atom. The van der Waals surface area contributed by atoms with Crippen molar-refractivity contribution in [1.29, 1.82) is 0 Å². The maximum absolute atomic E-state index is 13.1. The molecule has 0 amide bonds. The van der Waals surface area contributed by atoms with Gasteiger partial charge < -0.3 is 0 Å². The summed E-state index contributed by atoms with van der Waals surface area (Å²) < 4.78 is 13.1. The van der Waals surface area contributed by atoms with E-state index in [1.165, 1.54) is 6.07 Å². The lowest BCUT2D eigenvalue weighted by atomic mass is 9.93. The second-order valence-corrected chi connectivity index (χ2v) is 5.51. The van der Waals surface area contributed by atoms with E-state index in [0.717, 1.165) is 11.1 Å². The van der Waals surface area contributed by atoms with Gasteiger partial charge in [-0.25, -0.2) is 4.39 Å².